The molecule has 0 aliphatic rings. The lowest BCUT2D eigenvalue weighted by atomic mass is 9.94. The Hall–Kier alpha value is -3.17. The van der Waals surface area contributed by atoms with Crippen LogP contribution in [0.4, 0.5) is 0 Å². The fourth-order valence-electron chi connectivity index (χ4n) is 3.21. The average molecular weight is 386 g/mol. The van der Waals surface area contributed by atoms with Crippen LogP contribution in [-0.4, -0.2) is 17.7 Å². The van der Waals surface area contributed by atoms with Gasteiger partial charge in [0.1, 0.15) is 6.61 Å². The molecule has 0 fully saturated rings. The van der Waals surface area contributed by atoms with E-state index in [1.165, 1.54) is 5.56 Å². The zero-order chi connectivity index (χ0) is 20.6. The predicted octanol–water partition coefficient (Wildman–Crippen LogP) is 5.56. The molecule has 0 radical (unpaired) electrons. The van der Waals surface area contributed by atoms with E-state index in [0.29, 0.717) is 5.57 Å². The molecule has 0 spiro atoms. The van der Waals surface area contributed by atoms with Crippen molar-refractivity contribution in [2.45, 2.75) is 26.4 Å². The van der Waals surface area contributed by atoms with Crippen molar-refractivity contribution < 1.29 is 14.6 Å². The number of esters is 1. The SMILES string of the molecule is C=C(C)C(=O)OCc1cc(-c2ccc(CCCO)cc2)ccc1-c1ccccc1. The second kappa shape index (κ2) is 9.85. The van der Waals surface area contributed by atoms with E-state index in [1.54, 1.807) is 6.92 Å². The van der Waals surface area contributed by atoms with Gasteiger partial charge >= 0.3 is 5.97 Å². The highest BCUT2D eigenvalue weighted by Crippen LogP contribution is 2.30. The number of ether oxygens (including phenoxy) is 1. The van der Waals surface area contributed by atoms with Crippen LogP contribution in [0.25, 0.3) is 22.3 Å². The summed E-state index contributed by atoms with van der Waals surface area (Å²) in [6, 6.07) is 24.7. The maximum Gasteiger partial charge on any atom is 0.333 e. The minimum Gasteiger partial charge on any atom is -0.457 e. The molecule has 0 bridgehead atoms. The summed E-state index contributed by atoms with van der Waals surface area (Å²) in [7, 11) is 0. The minimum absolute atomic E-state index is 0.193. The van der Waals surface area contributed by atoms with Gasteiger partial charge in [0.05, 0.1) is 0 Å². The van der Waals surface area contributed by atoms with Gasteiger partial charge in [0, 0.05) is 12.2 Å². The smallest absolute Gasteiger partial charge is 0.333 e. The normalized spacial score (nSPS) is 10.6. The molecule has 0 unspecified atom stereocenters. The predicted molar refractivity (Wildman–Crippen MR) is 117 cm³/mol. The van der Waals surface area contributed by atoms with Gasteiger partial charge in [-0.25, -0.2) is 4.79 Å². The summed E-state index contributed by atoms with van der Waals surface area (Å²) in [6.45, 7) is 5.70. The summed E-state index contributed by atoms with van der Waals surface area (Å²) in [6.07, 6.45) is 1.63. The largest absolute Gasteiger partial charge is 0.457 e. The molecule has 3 heteroatoms. The fraction of sp³-hybridized carbons (Fsp3) is 0.192. The number of benzene rings is 3. The van der Waals surface area contributed by atoms with E-state index in [9.17, 15) is 4.79 Å². The first-order chi connectivity index (χ1) is 14.1. The number of aliphatic hydroxyl groups is 1. The molecular weight excluding hydrogens is 360 g/mol. The van der Waals surface area contributed by atoms with Crippen LogP contribution in [0.5, 0.6) is 0 Å². The molecule has 0 saturated carbocycles. The topological polar surface area (TPSA) is 46.5 Å². The van der Waals surface area contributed by atoms with Crippen molar-refractivity contribution in [3.8, 4) is 22.3 Å². The zero-order valence-corrected chi connectivity index (χ0v) is 16.7. The standard InChI is InChI=1S/C26H26O3/c1-19(2)26(28)29-18-24-17-23(14-15-25(24)22-8-4-3-5-9-22)21-12-10-20(11-13-21)7-6-16-27/h3-5,8-15,17,27H,1,6-7,16,18H2,2H3. The molecule has 148 valence electrons. The molecule has 0 saturated heterocycles. The van der Waals surface area contributed by atoms with Gasteiger partial charge in [-0.1, -0.05) is 73.3 Å². The molecular formula is C26H26O3. The van der Waals surface area contributed by atoms with Gasteiger partial charge in [0.15, 0.2) is 0 Å². The molecule has 0 atom stereocenters. The Bertz CT molecular complexity index is 973. The summed E-state index contributed by atoms with van der Waals surface area (Å²) in [5, 5.41) is 8.99. The van der Waals surface area contributed by atoms with Crippen molar-refractivity contribution in [3.63, 3.8) is 0 Å². The van der Waals surface area contributed by atoms with Crippen molar-refractivity contribution >= 4 is 5.97 Å². The van der Waals surface area contributed by atoms with Crippen molar-refractivity contribution in [1.82, 2.24) is 0 Å². The molecule has 3 aromatic rings. The van der Waals surface area contributed by atoms with Gasteiger partial charge in [-0.05, 0) is 59.2 Å². The highest BCUT2D eigenvalue weighted by molar-refractivity contribution is 5.87. The number of hydrogen-bond donors (Lipinski definition) is 1. The van der Waals surface area contributed by atoms with Crippen molar-refractivity contribution in [2.24, 2.45) is 0 Å². The van der Waals surface area contributed by atoms with E-state index in [4.69, 9.17) is 9.84 Å². The Morgan fingerprint density at radius 3 is 2.28 bits per heavy atom. The Morgan fingerprint density at radius 1 is 0.931 bits per heavy atom. The quantitative estimate of drug-likeness (QED) is 0.407. The number of hydrogen-bond acceptors (Lipinski definition) is 3. The van der Waals surface area contributed by atoms with Gasteiger partial charge in [-0.3, -0.25) is 0 Å². The summed E-state index contributed by atoms with van der Waals surface area (Å²) in [5.41, 5.74) is 6.85. The molecule has 3 rings (SSSR count). The van der Waals surface area contributed by atoms with E-state index >= 15 is 0 Å². The first-order valence-electron chi connectivity index (χ1n) is 9.79. The van der Waals surface area contributed by atoms with Gasteiger partial charge in [0.25, 0.3) is 0 Å². The van der Waals surface area contributed by atoms with E-state index in [2.05, 4.69) is 61.2 Å². The Morgan fingerprint density at radius 2 is 1.62 bits per heavy atom. The Kier molecular flexibility index (Phi) is 6.99. The van der Waals surface area contributed by atoms with Crippen molar-refractivity contribution in [2.75, 3.05) is 6.61 Å². The van der Waals surface area contributed by atoms with Crippen LogP contribution in [0, 0.1) is 0 Å². The lowest BCUT2D eigenvalue weighted by molar-refractivity contribution is -0.140. The summed E-state index contributed by atoms with van der Waals surface area (Å²) in [5.74, 6) is -0.386. The Labute approximate surface area is 172 Å². The molecule has 0 aromatic heterocycles. The first-order valence-corrected chi connectivity index (χ1v) is 9.79. The number of carbonyl (C=O) groups is 1. The van der Waals surface area contributed by atoms with Crippen LogP contribution in [0.1, 0.15) is 24.5 Å². The van der Waals surface area contributed by atoms with Crippen LogP contribution in [-0.2, 0) is 22.6 Å². The van der Waals surface area contributed by atoms with E-state index in [0.717, 1.165) is 40.7 Å². The van der Waals surface area contributed by atoms with E-state index < -0.39 is 0 Å². The highest BCUT2D eigenvalue weighted by Gasteiger charge is 2.11. The number of rotatable bonds is 8. The van der Waals surface area contributed by atoms with E-state index in [-0.39, 0.29) is 19.2 Å². The highest BCUT2D eigenvalue weighted by atomic mass is 16.5. The molecule has 29 heavy (non-hydrogen) atoms. The average Bonchev–Trinajstić information content (AvgIpc) is 2.76. The van der Waals surface area contributed by atoms with Crippen LogP contribution in [0.2, 0.25) is 0 Å². The van der Waals surface area contributed by atoms with Gasteiger partial charge in [-0.15, -0.1) is 0 Å². The maximum absolute atomic E-state index is 11.9. The number of aryl methyl sites for hydroxylation is 1. The van der Waals surface area contributed by atoms with Gasteiger partial charge in [0.2, 0.25) is 0 Å². The summed E-state index contributed by atoms with van der Waals surface area (Å²) in [4.78, 5) is 11.9. The van der Waals surface area contributed by atoms with Crippen molar-refractivity contribution in [3.05, 3.63) is 96.1 Å². The molecule has 0 aliphatic heterocycles. The molecule has 0 heterocycles. The molecule has 0 amide bonds. The van der Waals surface area contributed by atoms with E-state index in [1.807, 2.05) is 18.2 Å². The second-order valence-electron chi connectivity index (χ2n) is 7.12. The summed E-state index contributed by atoms with van der Waals surface area (Å²) < 4.78 is 5.44. The zero-order valence-electron chi connectivity index (χ0n) is 16.7. The fourth-order valence-corrected chi connectivity index (χ4v) is 3.21. The van der Waals surface area contributed by atoms with Gasteiger partial charge < -0.3 is 9.84 Å². The third-order valence-corrected chi connectivity index (χ3v) is 4.81. The third-order valence-electron chi connectivity index (χ3n) is 4.81. The third kappa shape index (κ3) is 5.43. The van der Waals surface area contributed by atoms with Crippen LogP contribution >= 0.6 is 0 Å². The van der Waals surface area contributed by atoms with Gasteiger partial charge in [-0.2, -0.15) is 0 Å². The summed E-state index contributed by atoms with van der Waals surface area (Å²) >= 11 is 0. The Balaban J connectivity index is 1.92. The van der Waals surface area contributed by atoms with Crippen LogP contribution in [0.3, 0.4) is 0 Å². The molecule has 1 N–H and O–H groups in total. The minimum atomic E-state index is -0.386. The first kappa shape index (κ1) is 20.6. The number of aliphatic hydroxyl groups excluding tert-OH is 1. The molecule has 3 aromatic carbocycles. The van der Waals surface area contributed by atoms with Crippen LogP contribution < -0.4 is 0 Å². The maximum atomic E-state index is 11.9. The second-order valence-corrected chi connectivity index (χ2v) is 7.12. The molecule has 3 nitrogen and oxygen atoms in total. The van der Waals surface area contributed by atoms with Crippen molar-refractivity contribution in [1.29, 1.82) is 0 Å². The monoisotopic (exact) mass is 386 g/mol. The number of carbonyl (C=O) groups excluding carboxylic acids is 1. The lowest BCUT2D eigenvalue weighted by Gasteiger charge is -2.13. The lowest BCUT2D eigenvalue weighted by Crippen LogP contribution is -2.06. The van der Waals surface area contributed by atoms with Crippen LogP contribution in [0.15, 0.2) is 84.9 Å². The molecule has 0 aliphatic carbocycles.